The van der Waals surface area contributed by atoms with Crippen LogP contribution < -0.4 is 0 Å². The molecule has 0 aliphatic heterocycles. The van der Waals surface area contributed by atoms with Crippen LogP contribution in [0.3, 0.4) is 0 Å². The Morgan fingerprint density at radius 2 is 2.04 bits per heavy atom. The minimum Gasteiger partial charge on any atom is -0.783 e. The fourth-order valence-corrected chi connectivity index (χ4v) is 3.17. The summed E-state index contributed by atoms with van der Waals surface area (Å²) < 4.78 is 5.85. The van der Waals surface area contributed by atoms with Gasteiger partial charge in [-0.15, -0.1) is 0 Å². The monoisotopic (exact) mass is 369 g/mol. The van der Waals surface area contributed by atoms with Crippen LogP contribution in [0.4, 0.5) is 0 Å². The zero-order valence-electron chi connectivity index (χ0n) is 15.4. The van der Waals surface area contributed by atoms with Crippen molar-refractivity contribution in [2.24, 2.45) is 0 Å². The molecule has 1 rings (SSSR count). The van der Waals surface area contributed by atoms with E-state index in [9.17, 15) is 5.11 Å². The van der Waals surface area contributed by atoms with E-state index in [1.807, 2.05) is 6.92 Å². The highest BCUT2D eigenvalue weighted by Gasteiger charge is 2.19. The van der Waals surface area contributed by atoms with E-state index >= 15 is 0 Å². The zero-order chi connectivity index (χ0) is 17.9. The van der Waals surface area contributed by atoms with E-state index in [0.717, 1.165) is 67.6 Å². The lowest BCUT2D eigenvalue weighted by Gasteiger charge is -2.25. The molecular formula is C20H33O2S2-. The summed E-state index contributed by atoms with van der Waals surface area (Å²) in [4.78, 5) is 1.95. The molecule has 1 aliphatic carbocycles. The predicted molar refractivity (Wildman–Crippen MR) is 109 cm³/mol. The van der Waals surface area contributed by atoms with Crippen LogP contribution in [0, 0.1) is 0 Å². The molecule has 2 atom stereocenters. The summed E-state index contributed by atoms with van der Waals surface area (Å²) in [5.74, 6) is 0. The lowest BCUT2D eigenvalue weighted by molar-refractivity contribution is -0.130. The Labute approximate surface area is 159 Å². The van der Waals surface area contributed by atoms with Crippen LogP contribution in [-0.2, 0) is 17.4 Å². The summed E-state index contributed by atoms with van der Waals surface area (Å²) in [6.07, 6.45) is 12.8. The summed E-state index contributed by atoms with van der Waals surface area (Å²) >= 11 is 9.60. The predicted octanol–water partition coefficient (Wildman–Crippen LogP) is 5.82. The van der Waals surface area contributed by atoms with Crippen LogP contribution in [0.15, 0.2) is 33.1 Å². The summed E-state index contributed by atoms with van der Waals surface area (Å²) in [6.45, 7) is 6.21. The van der Waals surface area contributed by atoms with Crippen LogP contribution in [-0.4, -0.2) is 17.5 Å². The number of allylic oxidation sites excluding steroid dienone is 5. The van der Waals surface area contributed by atoms with Crippen molar-refractivity contribution < 1.29 is 9.84 Å². The average molecular weight is 370 g/mol. The lowest BCUT2D eigenvalue weighted by atomic mass is 9.91. The Hall–Kier alpha value is -0.290. The van der Waals surface area contributed by atoms with Crippen molar-refractivity contribution in [2.45, 2.75) is 91.0 Å². The van der Waals surface area contributed by atoms with Gasteiger partial charge in [0, 0.05) is 0 Å². The molecule has 0 aromatic heterocycles. The number of rotatable bonds is 11. The van der Waals surface area contributed by atoms with Gasteiger partial charge in [-0.2, -0.15) is 17.5 Å². The fourth-order valence-electron chi connectivity index (χ4n) is 2.91. The number of aliphatic hydroxyl groups excluding tert-OH is 1. The third-order valence-electron chi connectivity index (χ3n) is 4.48. The summed E-state index contributed by atoms with van der Waals surface area (Å²) in [5.41, 5.74) is 2.80. The maximum Gasteiger partial charge on any atom is 0.155 e. The molecule has 0 aromatic carbocycles. The van der Waals surface area contributed by atoms with Crippen LogP contribution >= 0.6 is 12.6 Å². The first kappa shape index (κ1) is 21.8. The highest BCUT2D eigenvalue weighted by atomic mass is 32.1. The Morgan fingerprint density at radius 3 is 2.58 bits per heavy atom. The first-order chi connectivity index (χ1) is 11.5. The van der Waals surface area contributed by atoms with Gasteiger partial charge in [0.05, 0.1) is 6.10 Å². The number of unbranched alkanes of at least 4 members (excludes halogenated alkanes) is 1. The van der Waals surface area contributed by atoms with Crippen molar-refractivity contribution in [3.8, 4) is 0 Å². The molecule has 0 spiro atoms. The van der Waals surface area contributed by atoms with Gasteiger partial charge >= 0.3 is 0 Å². The molecule has 1 aliphatic rings. The maximum atomic E-state index is 9.99. The van der Waals surface area contributed by atoms with Crippen molar-refractivity contribution in [1.82, 2.24) is 0 Å². The van der Waals surface area contributed by atoms with E-state index in [-0.39, 0.29) is 6.10 Å². The van der Waals surface area contributed by atoms with Gasteiger partial charge in [-0.1, -0.05) is 44.4 Å². The highest BCUT2D eigenvalue weighted by Crippen LogP contribution is 2.28. The van der Waals surface area contributed by atoms with Gasteiger partial charge in [-0.3, -0.25) is 0 Å². The minimum absolute atomic E-state index is 0.0451. The van der Waals surface area contributed by atoms with Gasteiger partial charge in [0.2, 0.25) is 0 Å². The average Bonchev–Trinajstić information content (AvgIpc) is 2.58. The van der Waals surface area contributed by atoms with Crippen LogP contribution in [0.2, 0.25) is 0 Å². The van der Waals surface area contributed by atoms with Crippen molar-refractivity contribution in [2.75, 3.05) is 0 Å². The fraction of sp³-hybridized carbons (Fsp3) is 0.700. The molecule has 138 valence electrons. The first-order valence-corrected chi connectivity index (χ1v) is 10.1. The molecule has 0 saturated carbocycles. The van der Waals surface area contributed by atoms with Gasteiger partial charge in [0.15, 0.2) is 6.29 Å². The third kappa shape index (κ3) is 8.19. The third-order valence-corrected chi connectivity index (χ3v) is 5.42. The lowest BCUT2D eigenvalue weighted by Crippen LogP contribution is -2.24. The Kier molecular flexibility index (Phi) is 11.0. The van der Waals surface area contributed by atoms with Crippen LogP contribution in [0.5, 0.6) is 0 Å². The summed E-state index contributed by atoms with van der Waals surface area (Å²) in [6, 6.07) is 0. The molecule has 0 radical (unpaired) electrons. The molecule has 2 unspecified atom stereocenters. The SMILES string of the molecule is CCCCC(O)OC(CC)C1=CC=C(CCC/C([S-])=C(\C)S)CC1. The zero-order valence-corrected chi connectivity index (χ0v) is 17.1. The number of thiol groups is 1. The van der Waals surface area contributed by atoms with E-state index in [2.05, 4.69) is 38.6 Å². The van der Waals surface area contributed by atoms with Crippen molar-refractivity contribution in [3.05, 3.63) is 33.1 Å². The number of aliphatic hydroxyl groups is 1. The van der Waals surface area contributed by atoms with Crippen molar-refractivity contribution in [1.29, 1.82) is 0 Å². The van der Waals surface area contributed by atoms with Crippen LogP contribution in [0.1, 0.15) is 78.6 Å². The van der Waals surface area contributed by atoms with Crippen molar-refractivity contribution >= 4 is 25.3 Å². The molecule has 0 saturated heterocycles. The second-order valence-electron chi connectivity index (χ2n) is 6.56. The molecule has 24 heavy (non-hydrogen) atoms. The van der Waals surface area contributed by atoms with Gasteiger partial charge in [-0.25, -0.2) is 0 Å². The molecule has 0 heterocycles. The first-order valence-electron chi connectivity index (χ1n) is 9.25. The summed E-state index contributed by atoms with van der Waals surface area (Å²) in [5, 5.41) is 9.99. The quantitative estimate of drug-likeness (QED) is 0.273. The van der Waals surface area contributed by atoms with E-state index in [1.165, 1.54) is 11.1 Å². The molecule has 4 heteroatoms. The van der Waals surface area contributed by atoms with E-state index in [1.54, 1.807) is 0 Å². The molecule has 2 nitrogen and oxygen atoms in total. The van der Waals surface area contributed by atoms with E-state index < -0.39 is 6.29 Å². The van der Waals surface area contributed by atoms with Crippen LogP contribution in [0.25, 0.3) is 0 Å². The normalized spacial score (nSPS) is 18.5. The van der Waals surface area contributed by atoms with E-state index in [0.29, 0.717) is 0 Å². The topological polar surface area (TPSA) is 29.5 Å². The standard InChI is InChI=1S/C20H34O2S2/c1-4-6-10-20(21)22-18(5-2)17-13-11-16(12-14-17)8-7-9-19(24)15(3)23/h11,13,18,20-21,23-24H,4-10,12,14H2,1-3H3/p-1/b19-15-. The van der Waals surface area contributed by atoms with Crippen molar-refractivity contribution in [3.63, 3.8) is 0 Å². The Balaban J connectivity index is 2.48. The van der Waals surface area contributed by atoms with Gasteiger partial charge in [0.1, 0.15) is 0 Å². The second-order valence-corrected chi connectivity index (χ2v) is 7.72. The molecule has 0 amide bonds. The molecular weight excluding hydrogens is 336 g/mol. The number of ether oxygens (including phenoxy) is 1. The molecule has 0 aromatic rings. The molecule has 1 N–H and O–H groups in total. The highest BCUT2D eigenvalue weighted by molar-refractivity contribution is 7.85. The number of hydrogen-bond donors (Lipinski definition) is 2. The minimum atomic E-state index is -0.636. The smallest absolute Gasteiger partial charge is 0.155 e. The summed E-state index contributed by atoms with van der Waals surface area (Å²) in [7, 11) is 0. The van der Waals surface area contributed by atoms with Gasteiger partial charge < -0.3 is 22.5 Å². The largest absolute Gasteiger partial charge is 0.783 e. The number of hydrogen-bond acceptors (Lipinski definition) is 4. The van der Waals surface area contributed by atoms with Gasteiger partial charge in [-0.05, 0) is 62.3 Å². The van der Waals surface area contributed by atoms with Gasteiger partial charge in [0.25, 0.3) is 0 Å². The Morgan fingerprint density at radius 1 is 1.29 bits per heavy atom. The second kappa shape index (κ2) is 12.1. The Bertz CT molecular complexity index is 462. The molecule has 0 fully saturated rings. The molecule has 0 bridgehead atoms. The maximum absolute atomic E-state index is 9.99. The van der Waals surface area contributed by atoms with E-state index in [4.69, 9.17) is 17.4 Å².